The normalized spacial score (nSPS) is 13.7. The van der Waals surface area contributed by atoms with Crippen LogP contribution in [0.5, 0.6) is 0 Å². The number of hydrogen-bond donors (Lipinski definition) is 1. The highest BCUT2D eigenvalue weighted by atomic mass is 32.1. The zero-order chi connectivity index (χ0) is 28.7. The van der Waals surface area contributed by atoms with E-state index in [9.17, 15) is 22.8 Å². The molecular formula is C27H20F5N7S. The summed E-state index contributed by atoms with van der Waals surface area (Å²) < 4.78 is 76.7. The summed E-state index contributed by atoms with van der Waals surface area (Å²) in [6.45, 7) is 6.53. The first-order chi connectivity index (χ1) is 18.9. The summed E-state index contributed by atoms with van der Waals surface area (Å²) in [7, 11) is 0. The third kappa shape index (κ3) is 3.77. The predicted molar refractivity (Wildman–Crippen MR) is 142 cm³/mol. The van der Waals surface area contributed by atoms with Gasteiger partial charge in [0.2, 0.25) is 0 Å². The molecule has 40 heavy (non-hydrogen) atoms. The Kier molecular flexibility index (Phi) is 5.74. The van der Waals surface area contributed by atoms with Crippen LogP contribution in [0.25, 0.3) is 32.1 Å². The number of nitrogens with two attached hydrogens (primary N) is 1. The van der Waals surface area contributed by atoms with Crippen molar-refractivity contribution in [1.82, 2.24) is 19.7 Å². The van der Waals surface area contributed by atoms with Gasteiger partial charge in [-0.2, -0.15) is 23.5 Å². The van der Waals surface area contributed by atoms with Crippen LogP contribution in [0.2, 0.25) is 0 Å². The van der Waals surface area contributed by atoms with Crippen molar-refractivity contribution in [2.75, 3.05) is 17.2 Å². The molecule has 0 aliphatic carbocycles. The molecule has 0 saturated heterocycles. The molecular weight excluding hydrogens is 549 g/mol. The molecule has 2 aromatic carbocycles. The number of aromatic nitrogens is 4. The number of alkyl halides is 3. The fourth-order valence-corrected chi connectivity index (χ4v) is 6.27. The Hall–Kier alpha value is -4.31. The van der Waals surface area contributed by atoms with Crippen LogP contribution < -0.4 is 10.6 Å². The molecule has 0 spiro atoms. The molecule has 0 atom stereocenters. The van der Waals surface area contributed by atoms with Gasteiger partial charge in [0.25, 0.3) is 0 Å². The van der Waals surface area contributed by atoms with E-state index in [4.69, 9.17) is 5.73 Å². The molecule has 0 fully saturated rings. The van der Waals surface area contributed by atoms with E-state index in [-0.39, 0.29) is 48.8 Å². The SMILES string of the molecule is Cc1nc(N2CCn3nc(C)c(C)c3C2)c2cc(C(F)(F)F)c(-c3ccc(F)c4sc(N)c(C#N)c34)c(F)c2n1. The van der Waals surface area contributed by atoms with E-state index >= 15 is 4.39 Å². The molecule has 4 heterocycles. The second kappa shape index (κ2) is 8.85. The van der Waals surface area contributed by atoms with Crippen LogP contribution in [-0.4, -0.2) is 26.3 Å². The van der Waals surface area contributed by atoms with E-state index in [1.807, 2.05) is 24.6 Å². The number of thiophene rings is 1. The zero-order valence-electron chi connectivity index (χ0n) is 21.4. The molecule has 6 rings (SSSR count). The number of anilines is 2. The standard InChI is InChI=1S/C27H20F5N7S/c1-11-12(2)37-39-7-6-38(10-19(11)39)26-15-8-17(27(30,31)32)21(22(29)23(15)35-13(3)36-26)14-4-5-18(28)24-20(14)16(9-33)25(34)40-24/h4-5,8H,6-7,10,34H2,1-3H3. The smallest absolute Gasteiger partial charge is 0.389 e. The van der Waals surface area contributed by atoms with Crippen molar-refractivity contribution in [1.29, 1.82) is 5.26 Å². The number of nitriles is 1. The van der Waals surface area contributed by atoms with Gasteiger partial charge in [-0.25, -0.2) is 18.7 Å². The molecule has 204 valence electrons. The number of aryl methyl sites for hydroxylation is 2. The van der Waals surface area contributed by atoms with Gasteiger partial charge in [-0.05, 0) is 44.0 Å². The molecule has 13 heteroatoms. The fourth-order valence-electron chi connectivity index (χ4n) is 5.32. The molecule has 5 aromatic rings. The van der Waals surface area contributed by atoms with Gasteiger partial charge in [0.05, 0.1) is 40.3 Å². The minimum atomic E-state index is -5.00. The highest BCUT2D eigenvalue weighted by Crippen LogP contribution is 2.47. The Labute approximate surface area is 228 Å². The van der Waals surface area contributed by atoms with Crippen molar-refractivity contribution in [2.45, 2.75) is 40.0 Å². The van der Waals surface area contributed by atoms with Crippen molar-refractivity contribution in [2.24, 2.45) is 0 Å². The molecule has 1 aliphatic rings. The molecule has 0 amide bonds. The molecule has 0 bridgehead atoms. The van der Waals surface area contributed by atoms with Crippen molar-refractivity contribution >= 4 is 43.1 Å². The van der Waals surface area contributed by atoms with Crippen LogP contribution >= 0.6 is 11.3 Å². The molecule has 1 aliphatic heterocycles. The number of rotatable bonds is 2. The molecule has 0 radical (unpaired) electrons. The van der Waals surface area contributed by atoms with Crippen LogP contribution in [0.3, 0.4) is 0 Å². The summed E-state index contributed by atoms with van der Waals surface area (Å²) in [5, 5.41) is 13.8. The van der Waals surface area contributed by atoms with E-state index in [0.717, 1.165) is 46.5 Å². The highest BCUT2D eigenvalue weighted by Gasteiger charge is 2.38. The maximum absolute atomic E-state index is 16.4. The van der Waals surface area contributed by atoms with Gasteiger partial charge < -0.3 is 10.6 Å². The fraction of sp³-hybridized carbons (Fsp3) is 0.259. The third-order valence-corrected chi connectivity index (χ3v) is 8.33. The third-order valence-electron chi connectivity index (χ3n) is 7.31. The number of halogens is 5. The lowest BCUT2D eigenvalue weighted by molar-refractivity contribution is -0.137. The molecule has 0 unspecified atom stereocenters. The van der Waals surface area contributed by atoms with Gasteiger partial charge in [0, 0.05) is 22.9 Å². The van der Waals surface area contributed by atoms with E-state index in [1.165, 1.54) is 6.92 Å². The molecule has 2 N–H and O–H groups in total. The van der Waals surface area contributed by atoms with Crippen molar-refractivity contribution in [3.63, 3.8) is 0 Å². The van der Waals surface area contributed by atoms with Crippen LogP contribution in [-0.2, 0) is 19.3 Å². The molecule has 3 aromatic heterocycles. The minimum Gasteiger partial charge on any atom is -0.389 e. The summed E-state index contributed by atoms with van der Waals surface area (Å²) in [4.78, 5) is 10.4. The Morgan fingerprint density at radius 1 is 1.10 bits per heavy atom. The number of nitrogen functional groups attached to an aromatic ring is 1. The first-order valence-electron chi connectivity index (χ1n) is 12.2. The van der Waals surface area contributed by atoms with Gasteiger partial charge in [0.15, 0.2) is 5.82 Å². The minimum absolute atomic E-state index is 0.0751. The van der Waals surface area contributed by atoms with Crippen LogP contribution in [0.15, 0.2) is 18.2 Å². The number of hydrogen-bond acceptors (Lipinski definition) is 7. The topological polar surface area (TPSA) is 96.6 Å². The van der Waals surface area contributed by atoms with Crippen molar-refractivity contribution < 1.29 is 22.0 Å². The predicted octanol–water partition coefficient (Wildman–Crippen LogP) is 6.40. The lowest BCUT2D eigenvalue weighted by Gasteiger charge is -2.30. The largest absolute Gasteiger partial charge is 0.417 e. The maximum atomic E-state index is 16.4. The average Bonchev–Trinajstić information content (AvgIpc) is 3.39. The van der Waals surface area contributed by atoms with E-state index in [0.29, 0.717) is 19.6 Å². The lowest BCUT2D eigenvalue weighted by atomic mass is 9.92. The van der Waals surface area contributed by atoms with E-state index in [1.54, 1.807) is 4.90 Å². The average molecular weight is 570 g/mol. The first-order valence-corrected chi connectivity index (χ1v) is 13.0. The number of benzene rings is 2. The summed E-state index contributed by atoms with van der Waals surface area (Å²) in [6.07, 6.45) is -5.00. The van der Waals surface area contributed by atoms with Crippen molar-refractivity contribution in [3.8, 4) is 17.2 Å². The van der Waals surface area contributed by atoms with Crippen LogP contribution in [0.4, 0.5) is 32.8 Å². The van der Waals surface area contributed by atoms with Crippen LogP contribution in [0, 0.1) is 43.7 Å². The van der Waals surface area contributed by atoms with E-state index in [2.05, 4.69) is 15.1 Å². The summed E-state index contributed by atoms with van der Waals surface area (Å²) >= 11 is 0.720. The number of fused-ring (bicyclic) bond motifs is 3. The number of nitrogens with zero attached hydrogens (tertiary/aromatic N) is 6. The van der Waals surface area contributed by atoms with Gasteiger partial charge in [-0.1, -0.05) is 6.07 Å². The molecule has 7 nitrogen and oxygen atoms in total. The summed E-state index contributed by atoms with van der Waals surface area (Å²) in [5.74, 6) is -1.68. The zero-order valence-corrected chi connectivity index (χ0v) is 22.2. The van der Waals surface area contributed by atoms with Gasteiger partial charge in [-0.3, -0.25) is 4.68 Å². The van der Waals surface area contributed by atoms with Gasteiger partial charge >= 0.3 is 6.18 Å². The van der Waals surface area contributed by atoms with E-state index < -0.39 is 28.9 Å². The highest BCUT2D eigenvalue weighted by molar-refractivity contribution is 7.23. The monoisotopic (exact) mass is 569 g/mol. The second-order valence-corrected chi connectivity index (χ2v) is 10.7. The molecule has 0 saturated carbocycles. The first kappa shape index (κ1) is 25.9. The Morgan fingerprint density at radius 2 is 1.85 bits per heavy atom. The Bertz CT molecular complexity index is 1920. The van der Waals surface area contributed by atoms with Gasteiger partial charge in [0.1, 0.15) is 34.0 Å². The van der Waals surface area contributed by atoms with Crippen LogP contribution in [0.1, 0.15) is 33.9 Å². The lowest BCUT2D eigenvalue weighted by Crippen LogP contribution is -2.35. The Balaban J connectivity index is 1.66. The second-order valence-electron chi connectivity index (χ2n) is 9.66. The summed E-state index contributed by atoms with van der Waals surface area (Å²) in [5.41, 5.74) is 5.67. The van der Waals surface area contributed by atoms with Crippen molar-refractivity contribution in [3.05, 3.63) is 63.7 Å². The summed E-state index contributed by atoms with van der Waals surface area (Å²) in [6, 6.07) is 4.64. The Morgan fingerprint density at radius 3 is 2.55 bits per heavy atom. The quantitative estimate of drug-likeness (QED) is 0.247. The maximum Gasteiger partial charge on any atom is 0.417 e. The van der Waals surface area contributed by atoms with Gasteiger partial charge in [-0.15, -0.1) is 11.3 Å².